The molecule has 0 radical (unpaired) electrons. The predicted octanol–water partition coefficient (Wildman–Crippen LogP) is 4.05. The number of imidazole rings is 1. The molecule has 2 rings (SSSR count). The summed E-state index contributed by atoms with van der Waals surface area (Å²) in [5.74, 6) is 0.0973. The number of nitrogens with zero attached hydrogens (tertiary/aromatic N) is 2. The van der Waals surface area contributed by atoms with Crippen LogP contribution < -0.4 is 0 Å². The monoisotopic (exact) mass is 316 g/mol. The lowest BCUT2D eigenvalue weighted by Gasteiger charge is -2.07. The van der Waals surface area contributed by atoms with Crippen LogP contribution in [0.5, 0.6) is 0 Å². The van der Waals surface area contributed by atoms with E-state index in [0.29, 0.717) is 34.5 Å². The summed E-state index contributed by atoms with van der Waals surface area (Å²) in [5, 5.41) is 1.48. The Morgan fingerprint density at radius 2 is 1.89 bits per heavy atom. The van der Waals surface area contributed by atoms with E-state index in [1.54, 1.807) is 35.4 Å². The van der Waals surface area contributed by atoms with E-state index in [1.807, 2.05) is 0 Å². The summed E-state index contributed by atoms with van der Waals surface area (Å²) in [6, 6.07) is 3.26. The van der Waals surface area contributed by atoms with Crippen LogP contribution in [0.4, 0.5) is 0 Å². The molecule has 0 fully saturated rings. The van der Waals surface area contributed by atoms with Gasteiger partial charge in [0.2, 0.25) is 0 Å². The number of rotatable bonds is 5. The number of hydrogen-bond donors (Lipinski definition) is 0. The van der Waals surface area contributed by atoms with Crippen LogP contribution in [0, 0.1) is 0 Å². The Balaban J connectivity index is 1.97. The second-order valence-electron chi connectivity index (χ2n) is 4.12. The van der Waals surface area contributed by atoms with Gasteiger partial charge in [0.15, 0.2) is 5.78 Å². The van der Waals surface area contributed by atoms with Gasteiger partial charge in [-0.1, -0.05) is 34.8 Å². The smallest absolute Gasteiger partial charge is 0.152 e. The van der Waals surface area contributed by atoms with E-state index in [9.17, 15) is 4.79 Å². The molecule has 1 aromatic carbocycles. The third-order valence-electron chi connectivity index (χ3n) is 2.68. The molecular weight excluding hydrogens is 307 g/mol. The van der Waals surface area contributed by atoms with E-state index >= 15 is 0 Å². The highest BCUT2D eigenvalue weighted by atomic mass is 35.5. The standard InChI is InChI=1S/C13H11Cl3N2O/c14-9-5-12(15)11(13(16)6-9)2-1-10(19)7-18-4-3-17-8-18/h3-6,8H,1-2,7H2. The molecule has 0 saturated heterocycles. The SMILES string of the molecule is O=C(CCc1c(Cl)cc(Cl)cc1Cl)Cn1ccnc1. The van der Waals surface area contributed by atoms with Gasteiger partial charge < -0.3 is 4.57 Å². The number of Topliss-reactive ketones (excluding diaryl/α,β-unsaturated/α-hetero) is 1. The van der Waals surface area contributed by atoms with Crippen LogP contribution >= 0.6 is 34.8 Å². The lowest BCUT2D eigenvalue weighted by Crippen LogP contribution is -2.09. The predicted molar refractivity (Wildman–Crippen MR) is 77.0 cm³/mol. The Hall–Kier alpha value is -1.03. The van der Waals surface area contributed by atoms with Crippen molar-refractivity contribution in [1.82, 2.24) is 9.55 Å². The van der Waals surface area contributed by atoms with Gasteiger partial charge in [-0.25, -0.2) is 4.98 Å². The Morgan fingerprint density at radius 1 is 1.21 bits per heavy atom. The van der Waals surface area contributed by atoms with Crippen LogP contribution in [0.25, 0.3) is 0 Å². The molecule has 6 heteroatoms. The van der Waals surface area contributed by atoms with E-state index in [1.165, 1.54) is 0 Å². The van der Waals surface area contributed by atoms with Crippen LogP contribution in [0.1, 0.15) is 12.0 Å². The molecule has 0 spiro atoms. The molecule has 1 aromatic heterocycles. The quantitative estimate of drug-likeness (QED) is 0.834. The Morgan fingerprint density at radius 3 is 2.47 bits per heavy atom. The first-order valence-electron chi connectivity index (χ1n) is 5.67. The van der Waals surface area contributed by atoms with E-state index in [-0.39, 0.29) is 5.78 Å². The van der Waals surface area contributed by atoms with Crippen molar-refractivity contribution in [2.24, 2.45) is 0 Å². The molecule has 0 bridgehead atoms. The first kappa shape index (κ1) is 14.4. The Kier molecular flexibility index (Phi) is 4.86. The number of ketones is 1. The topological polar surface area (TPSA) is 34.9 Å². The highest BCUT2D eigenvalue weighted by Crippen LogP contribution is 2.29. The van der Waals surface area contributed by atoms with Gasteiger partial charge in [0.1, 0.15) is 0 Å². The molecule has 1 heterocycles. The summed E-state index contributed by atoms with van der Waals surface area (Å²) in [6.07, 6.45) is 5.88. The van der Waals surface area contributed by atoms with Crippen molar-refractivity contribution in [2.75, 3.05) is 0 Å². The van der Waals surface area contributed by atoms with Gasteiger partial charge in [0.05, 0.1) is 12.9 Å². The van der Waals surface area contributed by atoms with E-state index in [2.05, 4.69) is 4.98 Å². The minimum absolute atomic E-state index is 0.0973. The molecule has 100 valence electrons. The van der Waals surface area contributed by atoms with E-state index in [0.717, 1.165) is 5.56 Å². The molecule has 0 aliphatic carbocycles. The van der Waals surface area contributed by atoms with Gasteiger partial charge in [-0.15, -0.1) is 0 Å². The van der Waals surface area contributed by atoms with Crippen LogP contribution in [0.2, 0.25) is 15.1 Å². The van der Waals surface area contributed by atoms with E-state index in [4.69, 9.17) is 34.8 Å². The fourth-order valence-electron chi connectivity index (χ4n) is 1.74. The molecule has 0 unspecified atom stereocenters. The average molecular weight is 318 g/mol. The average Bonchev–Trinajstić information content (AvgIpc) is 2.80. The molecule has 0 aliphatic heterocycles. The third kappa shape index (κ3) is 3.96. The fourth-order valence-corrected chi connectivity index (χ4v) is 2.74. The Labute approximate surface area is 126 Å². The second-order valence-corrected chi connectivity index (χ2v) is 5.37. The maximum absolute atomic E-state index is 11.8. The summed E-state index contributed by atoms with van der Waals surface area (Å²) >= 11 is 18.0. The highest BCUT2D eigenvalue weighted by molar-refractivity contribution is 6.39. The largest absolute Gasteiger partial charge is 0.330 e. The lowest BCUT2D eigenvalue weighted by atomic mass is 10.1. The first-order valence-corrected chi connectivity index (χ1v) is 6.80. The van der Waals surface area contributed by atoms with Crippen molar-refractivity contribution < 1.29 is 4.79 Å². The zero-order valence-electron chi connectivity index (χ0n) is 9.94. The zero-order chi connectivity index (χ0) is 13.8. The van der Waals surface area contributed by atoms with Crippen molar-refractivity contribution in [3.8, 4) is 0 Å². The van der Waals surface area contributed by atoms with Gasteiger partial charge in [-0.2, -0.15) is 0 Å². The number of benzene rings is 1. The van der Waals surface area contributed by atoms with Crippen LogP contribution in [0.3, 0.4) is 0 Å². The van der Waals surface area contributed by atoms with Crippen molar-refractivity contribution in [3.05, 3.63) is 51.5 Å². The number of carbonyl (C=O) groups is 1. The van der Waals surface area contributed by atoms with Gasteiger partial charge >= 0.3 is 0 Å². The van der Waals surface area contributed by atoms with Crippen LogP contribution in [0.15, 0.2) is 30.9 Å². The number of carbonyl (C=O) groups excluding carboxylic acids is 1. The minimum atomic E-state index is 0.0973. The second kappa shape index (κ2) is 6.42. The molecule has 0 aliphatic rings. The van der Waals surface area contributed by atoms with Crippen molar-refractivity contribution in [3.63, 3.8) is 0 Å². The molecule has 0 saturated carbocycles. The van der Waals surface area contributed by atoms with Gasteiger partial charge in [-0.05, 0) is 24.1 Å². The summed E-state index contributed by atoms with van der Waals surface area (Å²) in [5.41, 5.74) is 0.756. The number of halogens is 3. The van der Waals surface area contributed by atoms with Gasteiger partial charge in [0, 0.05) is 33.9 Å². The molecule has 0 amide bonds. The summed E-state index contributed by atoms with van der Waals surface area (Å²) in [6.45, 7) is 0.308. The summed E-state index contributed by atoms with van der Waals surface area (Å²) in [7, 11) is 0. The van der Waals surface area contributed by atoms with Crippen LogP contribution in [-0.2, 0) is 17.8 Å². The fraction of sp³-hybridized carbons (Fsp3) is 0.231. The maximum Gasteiger partial charge on any atom is 0.152 e. The van der Waals surface area contributed by atoms with Crippen LogP contribution in [-0.4, -0.2) is 15.3 Å². The highest BCUT2D eigenvalue weighted by Gasteiger charge is 2.10. The molecule has 19 heavy (non-hydrogen) atoms. The first-order chi connectivity index (χ1) is 9.06. The zero-order valence-corrected chi connectivity index (χ0v) is 12.2. The number of aromatic nitrogens is 2. The summed E-state index contributed by atoms with van der Waals surface area (Å²) in [4.78, 5) is 15.7. The minimum Gasteiger partial charge on any atom is -0.330 e. The van der Waals surface area contributed by atoms with Gasteiger partial charge in [-0.3, -0.25) is 4.79 Å². The maximum atomic E-state index is 11.8. The van der Waals surface area contributed by atoms with Crippen molar-refractivity contribution >= 4 is 40.6 Å². The molecule has 0 atom stereocenters. The lowest BCUT2D eigenvalue weighted by molar-refractivity contribution is -0.119. The summed E-state index contributed by atoms with van der Waals surface area (Å²) < 4.78 is 1.73. The normalized spacial score (nSPS) is 10.7. The van der Waals surface area contributed by atoms with Crippen molar-refractivity contribution in [2.45, 2.75) is 19.4 Å². The molecule has 0 N–H and O–H groups in total. The molecule has 2 aromatic rings. The molecule has 3 nitrogen and oxygen atoms in total. The van der Waals surface area contributed by atoms with E-state index < -0.39 is 0 Å². The number of hydrogen-bond acceptors (Lipinski definition) is 2. The third-order valence-corrected chi connectivity index (χ3v) is 3.57. The van der Waals surface area contributed by atoms with Crippen molar-refractivity contribution in [1.29, 1.82) is 0 Å². The molecular formula is C13H11Cl3N2O. The van der Waals surface area contributed by atoms with Gasteiger partial charge in [0.25, 0.3) is 0 Å². The Bertz CT molecular complexity index is 559.